The first-order valence-corrected chi connectivity index (χ1v) is 22.7. The van der Waals surface area contributed by atoms with Crippen LogP contribution in [0.5, 0.6) is 0 Å². The van der Waals surface area contributed by atoms with Gasteiger partial charge in [0, 0.05) is 65.6 Å². The summed E-state index contributed by atoms with van der Waals surface area (Å²) in [7, 11) is 0. The van der Waals surface area contributed by atoms with Gasteiger partial charge in [0.05, 0.1) is 17.1 Å². The number of hydrogen-bond donors (Lipinski definition) is 0. The minimum absolute atomic E-state index is 0.106. The predicted octanol–water partition coefficient (Wildman–Crippen LogP) is 16.7. The van der Waals surface area contributed by atoms with Gasteiger partial charge in [-0.25, -0.2) is 0 Å². The van der Waals surface area contributed by atoms with E-state index in [1.165, 1.54) is 33.1 Å². The highest BCUT2D eigenvalue weighted by molar-refractivity contribution is 6.13. The van der Waals surface area contributed by atoms with Gasteiger partial charge in [-0.05, 0) is 138 Å². The average molecular weight is 847 g/mol. The van der Waals surface area contributed by atoms with Crippen LogP contribution in [0.2, 0.25) is 0 Å². The number of hydrogen-bond acceptors (Lipinski definition) is 4. The maximum Gasteiger partial charge on any atom is 0.135 e. The molecule has 2 aliphatic rings. The topological polar surface area (TPSA) is 47.6 Å². The summed E-state index contributed by atoms with van der Waals surface area (Å²) in [5, 5.41) is 9.04. The van der Waals surface area contributed by atoms with Crippen molar-refractivity contribution in [3.05, 3.63) is 212 Å². The fourth-order valence-electron chi connectivity index (χ4n) is 11.4. The minimum atomic E-state index is -0.106. The highest BCUT2D eigenvalue weighted by Gasteiger charge is 2.46. The quantitative estimate of drug-likeness (QED) is 0.177. The standard InChI is InChI=1S/C61H38N2O3/c1-61-29-9-8-16-60(61)63(53-15-7-4-12-50(53)61)41-22-28-59-49(35-41)47-33-39(20-26-57(47)66-59)37-18-24-55-45(31-37)44-30-36(17-23-54(44)64-55)38-19-25-56-46(32-38)48-34-40(21-27-58(48)65-56)62-51-13-5-2-10-42(51)43-11-3-6-14-52(43)62/h2-35,60H,1H3. The van der Waals surface area contributed by atoms with E-state index < -0.39 is 0 Å². The molecule has 5 nitrogen and oxygen atoms in total. The molecule has 1 aliphatic heterocycles. The highest BCUT2D eigenvalue weighted by Crippen LogP contribution is 2.52. The number of fused-ring (bicyclic) bond motifs is 15. The Labute approximate surface area is 378 Å². The summed E-state index contributed by atoms with van der Waals surface area (Å²) in [5.74, 6) is 0. The number of allylic oxidation sites excluding steroid dienone is 2. The second-order valence-corrected chi connectivity index (χ2v) is 18.2. The number of nitrogens with zero attached hydrogens (tertiary/aromatic N) is 2. The lowest BCUT2D eigenvalue weighted by Gasteiger charge is -2.34. The molecular weight excluding hydrogens is 809 g/mol. The zero-order valence-electron chi connectivity index (χ0n) is 35.8. The molecular formula is C61H38N2O3. The van der Waals surface area contributed by atoms with Crippen LogP contribution < -0.4 is 4.90 Å². The third-order valence-corrected chi connectivity index (χ3v) is 14.6. The maximum atomic E-state index is 6.46. The van der Waals surface area contributed by atoms with Crippen molar-refractivity contribution < 1.29 is 13.3 Å². The van der Waals surface area contributed by atoms with E-state index in [0.717, 1.165) is 99.4 Å². The largest absolute Gasteiger partial charge is 0.456 e. The van der Waals surface area contributed by atoms with Crippen LogP contribution in [0.3, 0.4) is 0 Å². The molecule has 0 spiro atoms. The second kappa shape index (κ2) is 13.0. The SMILES string of the molecule is CC12C=CC=CC1N(c1ccc3oc4ccc(-c5ccc6oc7ccc(-c8ccc9oc%10ccc(-n%11c%12ccccc%12c%12ccccc%12%11)cc%10c9c8)cc7c6c5)cc4c3c1)c1ccccc12. The van der Waals surface area contributed by atoms with E-state index in [-0.39, 0.29) is 11.5 Å². The number of para-hydroxylation sites is 3. The number of furan rings is 3. The molecule has 13 aromatic rings. The number of anilines is 2. The van der Waals surface area contributed by atoms with E-state index >= 15 is 0 Å². The molecule has 0 amide bonds. The highest BCUT2D eigenvalue weighted by atomic mass is 16.3. The van der Waals surface area contributed by atoms with E-state index in [1.807, 2.05) is 0 Å². The zero-order chi connectivity index (χ0) is 43.3. The molecule has 0 saturated heterocycles. The monoisotopic (exact) mass is 846 g/mol. The van der Waals surface area contributed by atoms with Crippen molar-refractivity contribution in [2.24, 2.45) is 0 Å². The first-order chi connectivity index (χ1) is 32.5. The first-order valence-electron chi connectivity index (χ1n) is 22.7. The van der Waals surface area contributed by atoms with Crippen molar-refractivity contribution in [3.63, 3.8) is 0 Å². The van der Waals surface area contributed by atoms with Crippen LogP contribution in [0.4, 0.5) is 11.4 Å². The molecule has 15 rings (SSSR count). The fraction of sp³-hybridized carbons (Fsp3) is 0.0492. The summed E-state index contributed by atoms with van der Waals surface area (Å²) in [6.45, 7) is 2.35. The van der Waals surface area contributed by atoms with Crippen molar-refractivity contribution in [2.75, 3.05) is 4.90 Å². The molecule has 0 saturated carbocycles. The van der Waals surface area contributed by atoms with Crippen LogP contribution >= 0.6 is 0 Å². The van der Waals surface area contributed by atoms with Crippen molar-refractivity contribution >= 4 is 99.0 Å². The summed E-state index contributed by atoms with van der Waals surface area (Å²) >= 11 is 0. The lowest BCUT2D eigenvalue weighted by atomic mass is 9.76. The van der Waals surface area contributed by atoms with Crippen molar-refractivity contribution in [1.82, 2.24) is 4.57 Å². The van der Waals surface area contributed by atoms with Crippen molar-refractivity contribution in [2.45, 2.75) is 18.4 Å². The lowest BCUT2D eigenvalue weighted by molar-refractivity contribution is 0.551. The molecule has 0 N–H and O–H groups in total. The van der Waals surface area contributed by atoms with Crippen molar-refractivity contribution in [1.29, 1.82) is 0 Å². The minimum Gasteiger partial charge on any atom is -0.456 e. The van der Waals surface area contributed by atoms with Crippen LogP contribution in [0.15, 0.2) is 220 Å². The molecule has 5 heterocycles. The van der Waals surface area contributed by atoms with Gasteiger partial charge in [0.2, 0.25) is 0 Å². The summed E-state index contributed by atoms with van der Waals surface area (Å²) in [5.41, 5.74) is 16.8. The van der Waals surface area contributed by atoms with E-state index in [4.69, 9.17) is 13.3 Å². The van der Waals surface area contributed by atoms with Gasteiger partial charge in [-0.3, -0.25) is 0 Å². The fourth-order valence-corrected chi connectivity index (χ4v) is 11.4. The van der Waals surface area contributed by atoms with E-state index in [1.54, 1.807) is 0 Å². The summed E-state index contributed by atoms with van der Waals surface area (Å²) in [4.78, 5) is 2.49. The molecule has 0 radical (unpaired) electrons. The van der Waals surface area contributed by atoms with Gasteiger partial charge < -0.3 is 22.7 Å². The van der Waals surface area contributed by atoms with Gasteiger partial charge in [0.15, 0.2) is 0 Å². The second-order valence-electron chi connectivity index (χ2n) is 18.2. The lowest BCUT2D eigenvalue weighted by Crippen LogP contribution is -2.39. The Morgan fingerprint density at radius 1 is 0.394 bits per heavy atom. The Morgan fingerprint density at radius 3 is 1.35 bits per heavy atom. The molecule has 0 fully saturated rings. The van der Waals surface area contributed by atoms with Gasteiger partial charge in [0.25, 0.3) is 0 Å². The van der Waals surface area contributed by atoms with Gasteiger partial charge in [-0.15, -0.1) is 0 Å². The van der Waals surface area contributed by atoms with Crippen LogP contribution in [-0.4, -0.2) is 10.6 Å². The Bertz CT molecular complexity index is 4230. The normalized spacial score (nSPS) is 16.9. The number of rotatable bonds is 4. The van der Waals surface area contributed by atoms with E-state index in [2.05, 4.69) is 223 Å². The van der Waals surface area contributed by atoms with Crippen molar-refractivity contribution in [3.8, 4) is 27.9 Å². The summed E-state index contributed by atoms with van der Waals surface area (Å²) in [6.07, 6.45) is 9.03. The molecule has 9 aromatic carbocycles. The van der Waals surface area contributed by atoms with Crippen LogP contribution in [0, 0.1) is 0 Å². The molecule has 4 aromatic heterocycles. The Hall–Kier alpha value is -8.54. The molecule has 5 heteroatoms. The molecule has 2 atom stereocenters. The Morgan fingerprint density at radius 2 is 0.818 bits per heavy atom. The average Bonchev–Trinajstić information content (AvgIpc) is 4.16. The van der Waals surface area contributed by atoms with E-state index in [0.29, 0.717) is 0 Å². The summed E-state index contributed by atoms with van der Waals surface area (Å²) < 4.78 is 21.7. The van der Waals surface area contributed by atoms with Gasteiger partial charge in [-0.1, -0.05) is 103 Å². The maximum absolute atomic E-state index is 6.46. The van der Waals surface area contributed by atoms with Gasteiger partial charge in [-0.2, -0.15) is 0 Å². The third-order valence-electron chi connectivity index (χ3n) is 14.6. The molecule has 310 valence electrons. The predicted molar refractivity (Wildman–Crippen MR) is 271 cm³/mol. The first kappa shape index (κ1) is 35.9. The van der Waals surface area contributed by atoms with E-state index in [9.17, 15) is 0 Å². The Kier molecular flexibility index (Phi) is 7.08. The number of benzene rings is 9. The third kappa shape index (κ3) is 4.94. The van der Waals surface area contributed by atoms with Crippen LogP contribution in [0.25, 0.3) is 116 Å². The zero-order valence-corrected chi connectivity index (χ0v) is 35.8. The summed E-state index contributed by atoms with van der Waals surface area (Å²) in [6, 6.07) is 65.6. The Balaban J connectivity index is 0.813. The molecule has 0 bridgehead atoms. The van der Waals surface area contributed by atoms with Crippen LogP contribution in [-0.2, 0) is 5.41 Å². The number of aromatic nitrogens is 1. The molecule has 2 unspecified atom stereocenters. The van der Waals surface area contributed by atoms with Gasteiger partial charge >= 0.3 is 0 Å². The van der Waals surface area contributed by atoms with Gasteiger partial charge in [0.1, 0.15) is 33.5 Å². The molecule has 66 heavy (non-hydrogen) atoms. The van der Waals surface area contributed by atoms with Crippen LogP contribution in [0.1, 0.15) is 12.5 Å². The smallest absolute Gasteiger partial charge is 0.135 e. The molecule has 1 aliphatic carbocycles.